The molecule has 0 saturated heterocycles. The van der Waals surface area contributed by atoms with Crippen molar-refractivity contribution in [3.8, 4) is 22.6 Å². The molecule has 11 rings (SSSR count). The molecule has 3 nitrogen and oxygen atoms in total. The van der Waals surface area contributed by atoms with E-state index in [1.54, 1.807) is 0 Å². The molecule has 0 saturated carbocycles. The molecule has 0 fully saturated rings. The van der Waals surface area contributed by atoms with Crippen molar-refractivity contribution in [2.45, 2.75) is 6.92 Å². The fourth-order valence-corrected chi connectivity index (χ4v) is 8.93. The van der Waals surface area contributed by atoms with Crippen molar-refractivity contribution in [1.82, 2.24) is 4.57 Å². The molecule has 1 aliphatic rings. The second kappa shape index (κ2) is 12.6. The maximum Gasteiger partial charge on any atom is 0.154 e. The average molecular weight is 717 g/mol. The molecule has 3 heteroatoms. The summed E-state index contributed by atoms with van der Waals surface area (Å²) in [4.78, 5) is 2.30. The monoisotopic (exact) mass is 716 g/mol. The van der Waals surface area contributed by atoms with Gasteiger partial charge in [-0.05, 0) is 111 Å². The van der Waals surface area contributed by atoms with Crippen molar-refractivity contribution in [3.63, 3.8) is 0 Å². The first-order valence-corrected chi connectivity index (χ1v) is 19.1. The summed E-state index contributed by atoms with van der Waals surface area (Å²) in [6.07, 6.45) is 1.89. The maximum atomic E-state index is 6.88. The zero-order valence-electron chi connectivity index (χ0n) is 30.9. The van der Waals surface area contributed by atoms with Gasteiger partial charge in [0.25, 0.3) is 0 Å². The molecule has 2 heterocycles. The molecule has 0 radical (unpaired) electrons. The van der Waals surface area contributed by atoms with Crippen LogP contribution in [0.5, 0.6) is 5.75 Å². The number of anilines is 2. The van der Waals surface area contributed by atoms with Crippen LogP contribution < -0.4 is 9.64 Å². The van der Waals surface area contributed by atoms with Gasteiger partial charge in [0.1, 0.15) is 0 Å². The number of aromatic nitrogens is 1. The summed E-state index contributed by atoms with van der Waals surface area (Å²) in [6.45, 7) is 6.22. The number of nitrogens with zero attached hydrogens (tertiary/aromatic N) is 2. The molecule has 0 bridgehead atoms. The van der Waals surface area contributed by atoms with Gasteiger partial charge in [0.05, 0.1) is 22.4 Å². The van der Waals surface area contributed by atoms with Gasteiger partial charge in [-0.3, -0.25) is 0 Å². The lowest BCUT2D eigenvalue weighted by Gasteiger charge is -2.34. The lowest BCUT2D eigenvalue weighted by atomic mass is 9.94. The summed E-state index contributed by atoms with van der Waals surface area (Å²) < 4.78 is 9.30. The van der Waals surface area contributed by atoms with Crippen molar-refractivity contribution in [3.05, 3.63) is 205 Å². The molecule has 264 valence electrons. The normalized spacial score (nSPS) is 12.8. The Labute approximate surface area is 325 Å². The van der Waals surface area contributed by atoms with Crippen LogP contribution in [0.25, 0.3) is 82.8 Å². The molecule has 10 aromatic rings. The smallest absolute Gasteiger partial charge is 0.154 e. The van der Waals surface area contributed by atoms with Crippen LogP contribution in [-0.4, -0.2) is 4.57 Å². The van der Waals surface area contributed by atoms with E-state index in [2.05, 4.69) is 199 Å². The van der Waals surface area contributed by atoms with Crippen molar-refractivity contribution in [2.24, 2.45) is 0 Å². The molecule has 0 unspecified atom stereocenters. The number of benzene rings is 9. The maximum absolute atomic E-state index is 6.88. The fourth-order valence-electron chi connectivity index (χ4n) is 8.93. The zero-order chi connectivity index (χ0) is 37.3. The van der Waals surface area contributed by atoms with Gasteiger partial charge in [-0.2, -0.15) is 0 Å². The first-order chi connectivity index (χ1) is 27.7. The molecular formula is C53H36N2O. The minimum absolute atomic E-state index is 0.809. The van der Waals surface area contributed by atoms with Gasteiger partial charge in [0, 0.05) is 27.7 Å². The number of ether oxygens (including phenoxy) is 1. The highest BCUT2D eigenvalue weighted by molar-refractivity contribution is 6.25. The lowest BCUT2D eigenvalue weighted by molar-refractivity contribution is 0.501. The molecule has 1 aliphatic heterocycles. The third kappa shape index (κ3) is 4.84. The van der Waals surface area contributed by atoms with Crippen molar-refractivity contribution < 1.29 is 4.74 Å². The van der Waals surface area contributed by atoms with E-state index >= 15 is 0 Å². The number of hydrogen-bond donors (Lipinski definition) is 0. The molecule has 1 aromatic heterocycles. The minimum atomic E-state index is 0.809. The highest BCUT2D eigenvalue weighted by Gasteiger charge is 2.28. The van der Waals surface area contributed by atoms with Crippen LogP contribution in [0.15, 0.2) is 194 Å². The van der Waals surface area contributed by atoms with Crippen LogP contribution in [0.3, 0.4) is 0 Å². The highest BCUT2D eigenvalue weighted by Crippen LogP contribution is 2.47. The van der Waals surface area contributed by atoms with Gasteiger partial charge in [-0.1, -0.05) is 140 Å². The highest BCUT2D eigenvalue weighted by atomic mass is 16.5. The Morgan fingerprint density at radius 2 is 1.05 bits per heavy atom. The van der Waals surface area contributed by atoms with Gasteiger partial charge in [-0.25, -0.2) is 0 Å². The molecule has 56 heavy (non-hydrogen) atoms. The van der Waals surface area contributed by atoms with Gasteiger partial charge in [0.15, 0.2) is 11.5 Å². The van der Waals surface area contributed by atoms with Crippen LogP contribution in [0.2, 0.25) is 0 Å². The van der Waals surface area contributed by atoms with E-state index in [0.717, 1.165) is 56.5 Å². The Morgan fingerprint density at radius 3 is 1.80 bits per heavy atom. The molecule has 0 spiro atoms. The van der Waals surface area contributed by atoms with E-state index in [0.29, 0.717) is 0 Å². The molecule has 0 N–H and O–H groups in total. The Morgan fingerprint density at radius 1 is 0.464 bits per heavy atom. The Hall–Kier alpha value is -7.36. The van der Waals surface area contributed by atoms with Crippen molar-refractivity contribution >= 4 is 77.3 Å². The summed E-state index contributed by atoms with van der Waals surface area (Å²) in [5, 5.41) is 10.1. The van der Waals surface area contributed by atoms with Crippen LogP contribution in [0, 0.1) is 0 Å². The Bertz CT molecular complexity index is 3220. The van der Waals surface area contributed by atoms with E-state index in [1.807, 2.05) is 12.1 Å². The van der Waals surface area contributed by atoms with Gasteiger partial charge < -0.3 is 14.2 Å². The standard InChI is InChI=1S/C53H36N2O/c1-3-35-15-7-8-18-40(35)53-34(2)54(38-16-5-4-6-17-38)51-30-26-37(32-52(51)56-53)36-25-29-50-48(31-36)46-23-13-14-24-49(46)55(50)39-27-28-45-43-21-10-9-19-41(43)42-20-11-12-22-44(42)47(45)33-39/h3-33H,1H2,2H3. The first-order valence-electron chi connectivity index (χ1n) is 19.1. The van der Waals surface area contributed by atoms with Crippen molar-refractivity contribution in [1.29, 1.82) is 0 Å². The average Bonchev–Trinajstić information content (AvgIpc) is 3.60. The van der Waals surface area contributed by atoms with Crippen LogP contribution in [0.1, 0.15) is 18.1 Å². The zero-order valence-corrected chi connectivity index (χ0v) is 30.9. The summed E-state index contributed by atoms with van der Waals surface area (Å²) in [6, 6.07) is 65.5. The van der Waals surface area contributed by atoms with E-state index < -0.39 is 0 Å². The number of hydrogen-bond acceptors (Lipinski definition) is 2. The summed E-state index contributed by atoms with van der Waals surface area (Å²) in [5.74, 6) is 1.63. The predicted octanol–water partition coefficient (Wildman–Crippen LogP) is 14.5. The molecule has 0 aliphatic carbocycles. The van der Waals surface area contributed by atoms with E-state index in [9.17, 15) is 0 Å². The molecule has 0 amide bonds. The van der Waals surface area contributed by atoms with E-state index in [4.69, 9.17) is 4.74 Å². The predicted molar refractivity (Wildman–Crippen MR) is 237 cm³/mol. The Balaban J connectivity index is 1.07. The molecule has 0 atom stereocenters. The Kier molecular flexibility index (Phi) is 7.23. The summed E-state index contributed by atoms with van der Waals surface area (Å²) in [7, 11) is 0. The van der Waals surface area contributed by atoms with Gasteiger partial charge in [-0.15, -0.1) is 0 Å². The van der Waals surface area contributed by atoms with Crippen molar-refractivity contribution in [2.75, 3.05) is 4.90 Å². The van der Waals surface area contributed by atoms with Gasteiger partial charge >= 0.3 is 0 Å². The number of fused-ring (bicyclic) bond motifs is 10. The second-order valence-electron chi connectivity index (χ2n) is 14.6. The third-order valence-electron chi connectivity index (χ3n) is 11.5. The summed E-state index contributed by atoms with van der Waals surface area (Å²) >= 11 is 0. The molecular weight excluding hydrogens is 681 g/mol. The fraction of sp³-hybridized carbons (Fsp3) is 0.0189. The molecule has 9 aromatic carbocycles. The topological polar surface area (TPSA) is 17.4 Å². The number of para-hydroxylation sites is 2. The second-order valence-corrected chi connectivity index (χ2v) is 14.6. The third-order valence-corrected chi connectivity index (χ3v) is 11.5. The number of rotatable bonds is 5. The number of allylic oxidation sites excluding steroid dienone is 1. The first kappa shape index (κ1) is 32.1. The lowest BCUT2D eigenvalue weighted by Crippen LogP contribution is -2.22. The van der Waals surface area contributed by atoms with Crippen LogP contribution in [0.4, 0.5) is 11.4 Å². The van der Waals surface area contributed by atoms with Crippen LogP contribution in [-0.2, 0) is 0 Å². The SMILES string of the molecule is C=Cc1ccccc1C1=C(C)N(c2ccccc2)c2ccc(-c3ccc4c(c3)c3ccccc3n4-c3ccc4c5ccccc5c5ccccc5c4c3)cc2O1. The summed E-state index contributed by atoms with van der Waals surface area (Å²) in [5.41, 5.74) is 10.9. The van der Waals surface area contributed by atoms with E-state index in [-0.39, 0.29) is 0 Å². The van der Waals surface area contributed by atoms with E-state index in [1.165, 1.54) is 54.1 Å². The van der Waals surface area contributed by atoms with Crippen LogP contribution >= 0.6 is 0 Å². The quantitative estimate of drug-likeness (QED) is 0.165. The largest absolute Gasteiger partial charge is 0.453 e. The minimum Gasteiger partial charge on any atom is -0.453 e. The van der Waals surface area contributed by atoms with Gasteiger partial charge in [0.2, 0.25) is 0 Å².